The molecule has 1 atom stereocenters. The maximum absolute atomic E-state index is 10.4. The number of unbranched alkanes of at least 4 members (excludes halogenated alkanes) is 1. The van der Waals surface area contributed by atoms with Gasteiger partial charge in [0.25, 0.3) is 0 Å². The van der Waals surface area contributed by atoms with Crippen LogP contribution in [0.1, 0.15) is 26.2 Å². The zero-order valence-electron chi connectivity index (χ0n) is 6.92. The molecule has 1 unspecified atom stereocenters. The van der Waals surface area contributed by atoms with Crippen molar-refractivity contribution >= 4 is 5.91 Å². The van der Waals surface area contributed by atoms with Crippen LogP contribution in [0.2, 0.25) is 0 Å². The van der Waals surface area contributed by atoms with Crippen LogP contribution < -0.4 is 11.5 Å². The smallest absolute Gasteiger partial charge is 0.219 e. The summed E-state index contributed by atoms with van der Waals surface area (Å²) < 4.78 is 0. The molecular formula is C8H16N2O. The third-order valence-electron chi connectivity index (χ3n) is 1.28. The molecule has 0 aromatic carbocycles. The van der Waals surface area contributed by atoms with Crippen molar-refractivity contribution in [2.24, 2.45) is 11.5 Å². The minimum Gasteiger partial charge on any atom is -0.370 e. The molecule has 0 aromatic heterocycles. The first-order chi connectivity index (χ1) is 5.16. The summed E-state index contributed by atoms with van der Waals surface area (Å²) in [5.74, 6) is -0.348. The fourth-order valence-corrected chi connectivity index (χ4v) is 0.738. The van der Waals surface area contributed by atoms with Gasteiger partial charge in [0, 0.05) is 12.5 Å². The molecule has 0 fully saturated rings. The van der Waals surface area contributed by atoms with Gasteiger partial charge >= 0.3 is 0 Å². The fraction of sp³-hybridized carbons (Fsp3) is 0.625. The average molecular weight is 156 g/mol. The second-order valence-electron chi connectivity index (χ2n) is 2.55. The quantitative estimate of drug-likeness (QED) is 0.570. The molecule has 0 bridgehead atoms. The first-order valence-corrected chi connectivity index (χ1v) is 3.87. The summed E-state index contributed by atoms with van der Waals surface area (Å²) in [4.78, 5) is 10.4. The zero-order chi connectivity index (χ0) is 8.69. The summed E-state index contributed by atoms with van der Waals surface area (Å²) in [5.41, 5.74) is 10.5. The van der Waals surface area contributed by atoms with E-state index in [1.54, 1.807) is 0 Å². The van der Waals surface area contributed by atoms with E-state index in [1.807, 2.05) is 12.2 Å². The maximum Gasteiger partial charge on any atom is 0.219 e. The Morgan fingerprint density at radius 1 is 1.64 bits per heavy atom. The number of nitrogens with two attached hydrogens (primary N) is 2. The van der Waals surface area contributed by atoms with Crippen molar-refractivity contribution in [1.82, 2.24) is 0 Å². The van der Waals surface area contributed by atoms with Gasteiger partial charge in [-0.05, 0) is 6.42 Å². The van der Waals surface area contributed by atoms with E-state index in [1.165, 1.54) is 0 Å². The van der Waals surface area contributed by atoms with Gasteiger partial charge in [0.05, 0.1) is 0 Å². The van der Waals surface area contributed by atoms with Crippen LogP contribution in [0, 0.1) is 0 Å². The summed E-state index contributed by atoms with van der Waals surface area (Å²) in [6.07, 6.45) is 6.15. The van der Waals surface area contributed by atoms with E-state index in [4.69, 9.17) is 11.5 Å². The highest BCUT2D eigenvalue weighted by Gasteiger charge is 2.00. The highest BCUT2D eigenvalue weighted by molar-refractivity contribution is 5.74. The minimum absolute atomic E-state index is 0.209. The molecule has 0 saturated carbocycles. The number of hydrogen-bond acceptors (Lipinski definition) is 2. The monoisotopic (exact) mass is 156 g/mol. The predicted octanol–water partition coefficient (Wildman–Crippen LogP) is 0.545. The predicted molar refractivity (Wildman–Crippen MR) is 45.8 cm³/mol. The Kier molecular flexibility index (Phi) is 5.47. The number of primary amides is 1. The second-order valence-corrected chi connectivity index (χ2v) is 2.55. The fourth-order valence-electron chi connectivity index (χ4n) is 0.738. The molecule has 0 aliphatic rings. The lowest BCUT2D eigenvalue weighted by molar-refractivity contribution is -0.118. The molecular weight excluding hydrogens is 140 g/mol. The molecule has 64 valence electrons. The van der Waals surface area contributed by atoms with E-state index >= 15 is 0 Å². The summed E-state index contributed by atoms with van der Waals surface area (Å²) in [7, 11) is 0. The third-order valence-corrected chi connectivity index (χ3v) is 1.28. The molecule has 1 amide bonds. The SMILES string of the molecule is CCC/C=C/C(N)CC(N)=O. The van der Waals surface area contributed by atoms with E-state index in [9.17, 15) is 4.79 Å². The third kappa shape index (κ3) is 7.06. The Morgan fingerprint density at radius 2 is 2.27 bits per heavy atom. The van der Waals surface area contributed by atoms with E-state index in [0.29, 0.717) is 0 Å². The van der Waals surface area contributed by atoms with Crippen molar-refractivity contribution in [3.05, 3.63) is 12.2 Å². The van der Waals surface area contributed by atoms with Crippen LogP contribution in [0.4, 0.5) is 0 Å². The number of carbonyl (C=O) groups excluding carboxylic acids is 1. The number of hydrogen-bond donors (Lipinski definition) is 2. The number of rotatable bonds is 5. The van der Waals surface area contributed by atoms with E-state index in [-0.39, 0.29) is 18.4 Å². The standard InChI is InChI=1S/C8H16N2O/c1-2-3-4-5-7(9)6-8(10)11/h4-5,7H,2-3,6,9H2,1H3,(H2,10,11)/b5-4+. The van der Waals surface area contributed by atoms with Crippen LogP contribution >= 0.6 is 0 Å². The van der Waals surface area contributed by atoms with Gasteiger partial charge in [-0.15, -0.1) is 0 Å². The Labute approximate surface area is 67.4 Å². The Hall–Kier alpha value is -0.830. The highest BCUT2D eigenvalue weighted by atomic mass is 16.1. The van der Waals surface area contributed by atoms with Crippen molar-refractivity contribution in [2.45, 2.75) is 32.2 Å². The zero-order valence-corrected chi connectivity index (χ0v) is 6.92. The van der Waals surface area contributed by atoms with Crippen LogP contribution in [-0.4, -0.2) is 11.9 Å². The van der Waals surface area contributed by atoms with Crippen molar-refractivity contribution in [2.75, 3.05) is 0 Å². The molecule has 0 aromatic rings. The average Bonchev–Trinajstić information content (AvgIpc) is 1.86. The van der Waals surface area contributed by atoms with Crippen LogP contribution in [0.3, 0.4) is 0 Å². The lowest BCUT2D eigenvalue weighted by Gasteiger charge is -2.00. The molecule has 0 saturated heterocycles. The van der Waals surface area contributed by atoms with Crippen molar-refractivity contribution in [1.29, 1.82) is 0 Å². The first kappa shape index (κ1) is 10.2. The molecule has 0 rings (SSSR count). The molecule has 0 aliphatic heterocycles. The van der Waals surface area contributed by atoms with Gasteiger partial charge in [-0.1, -0.05) is 25.5 Å². The van der Waals surface area contributed by atoms with Gasteiger partial charge in [0.1, 0.15) is 0 Å². The molecule has 0 spiro atoms. The van der Waals surface area contributed by atoms with Crippen LogP contribution in [0.15, 0.2) is 12.2 Å². The number of carbonyl (C=O) groups is 1. The van der Waals surface area contributed by atoms with Crippen molar-refractivity contribution in [3.8, 4) is 0 Å². The maximum atomic E-state index is 10.4. The van der Waals surface area contributed by atoms with Gasteiger partial charge in [-0.25, -0.2) is 0 Å². The largest absolute Gasteiger partial charge is 0.370 e. The van der Waals surface area contributed by atoms with Crippen LogP contribution in [0.25, 0.3) is 0 Å². The van der Waals surface area contributed by atoms with Gasteiger partial charge in [-0.2, -0.15) is 0 Å². The molecule has 11 heavy (non-hydrogen) atoms. The summed E-state index contributed by atoms with van der Waals surface area (Å²) in [6, 6.07) is -0.209. The van der Waals surface area contributed by atoms with Crippen LogP contribution in [-0.2, 0) is 4.79 Å². The first-order valence-electron chi connectivity index (χ1n) is 3.87. The van der Waals surface area contributed by atoms with Gasteiger partial charge in [-0.3, -0.25) is 4.79 Å². The van der Waals surface area contributed by atoms with Gasteiger partial charge in [0.15, 0.2) is 0 Å². The summed E-state index contributed by atoms with van der Waals surface area (Å²) in [6.45, 7) is 2.09. The van der Waals surface area contributed by atoms with Crippen LogP contribution in [0.5, 0.6) is 0 Å². The Balaban J connectivity index is 3.50. The topological polar surface area (TPSA) is 69.1 Å². The molecule has 4 N–H and O–H groups in total. The lowest BCUT2D eigenvalue weighted by Crippen LogP contribution is -2.25. The van der Waals surface area contributed by atoms with E-state index in [0.717, 1.165) is 12.8 Å². The molecule has 0 aliphatic carbocycles. The minimum atomic E-state index is -0.348. The number of allylic oxidation sites excluding steroid dienone is 1. The number of amides is 1. The van der Waals surface area contributed by atoms with Crippen molar-refractivity contribution in [3.63, 3.8) is 0 Å². The van der Waals surface area contributed by atoms with Gasteiger partial charge in [0.2, 0.25) is 5.91 Å². The second kappa shape index (κ2) is 5.92. The summed E-state index contributed by atoms with van der Waals surface area (Å²) >= 11 is 0. The summed E-state index contributed by atoms with van der Waals surface area (Å²) in [5, 5.41) is 0. The molecule has 3 heteroatoms. The lowest BCUT2D eigenvalue weighted by atomic mass is 10.2. The molecule has 0 heterocycles. The Morgan fingerprint density at radius 3 is 2.73 bits per heavy atom. The van der Waals surface area contributed by atoms with E-state index in [2.05, 4.69) is 6.92 Å². The normalized spacial score (nSPS) is 13.6. The molecule has 3 nitrogen and oxygen atoms in total. The van der Waals surface area contributed by atoms with Gasteiger partial charge < -0.3 is 11.5 Å². The Bertz CT molecular complexity index is 143. The molecule has 0 radical (unpaired) electrons. The van der Waals surface area contributed by atoms with Crippen molar-refractivity contribution < 1.29 is 4.79 Å². The van der Waals surface area contributed by atoms with E-state index < -0.39 is 0 Å². The highest BCUT2D eigenvalue weighted by Crippen LogP contribution is 1.93.